The molecule has 1 N–H and O–H groups in total. The Labute approximate surface area is 119 Å². The maximum absolute atomic E-state index is 12.5. The van der Waals surface area contributed by atoms with E-state index in [1.807, 2.05) is 13.8 Å². The highest BCUT2D eigenvalue weighted by Crippen LogP contribution is 2.24. The van der Waals surface area contributed by atoms with Crippen LogP contribution in [-0.4, -0.2) is 43.6 Å². The molecule has 0 aromatic heterocycles. The lowest BCUT2D eigenvalue weighted by Crippen LogP contribution is -2.54. The molecule has 0 radical (unpaired) electrons. The van der Waals surface area contributed by atoms with Crippen LogP contribution in [0.5, 0.6) is 0 Å². The fourth-order valence-electron chi connectivity index (χ4n) is 2.80. The Hall–Kier alpha value is -0.130. The molecule has 1 aliphatic heterocycles. The summed E-state index contributed by atoms with van der Waals surface area (Å²) in [5.74, 6) is 0.454. The van der Waals surface area contributed by atoms with E-state index in [0.29, 0.717) is 6.54 Å². The molecule has 0 aliphatic carbocycles. The van der Waals surface area contributed by atoms with Gasteiger partial charge in [0.15, 0.2) is 0 Å². The van der Waals surface area contributed by atoms with Crippen LogP contribution in [0.25, 0.3) is 0 Å². The summed E-state index contributed by atoms with van der Waals surface area (Å²) in [6.07, 6.45) is 4.19. The molecule has 0 bridgehead atoms. The Bertz CT molecular complexity index is 354. The molecule has 5 heteroatoms. The number of hydrogen-bond acceptors (Lipinski definition) is 3. The van der Waals surface area contributed by atoms with E-state index < -0.39 is 10.0 Å². The first kappa shape index (κ1) is 16.9. The Balaban J connectivity index is 2.77. The lowest BCUT2D eigenvalue weighted by molar-refractivity contribution is 0.208. The minimum Gasteiger partial charge on any atom is -0.313 e. The van der Waals surface area contributed by atoms with Crippen LogP contribution in [0.3, 0.4) is 0 Å². The van der Waals surface area contributed by atoms with Crippen LogP contribution < -0.4 is 5.32 Å². The zero-order chi connectivity index (χ0) is 14.5. The molecular formula is C14H30N2O2S. The van der Waals surface area contributed by atoms with E-state index in [-0.39, 0.29) is 23.8 Å². The van der Waals surface area contributed by atoms with Gasteiger partial charge in [0.1, 0.15) is 0 Å². The van der Waals surface area contributed by atoms with E-state index in [0.717, 1.165) is 32.2 Å². The first-order valence-electron chi connectivity index (χ1n) is 7.61. The monoisotopic (exact) mass is 290 g/mol. The maximum atomic E-state index is 12.5. The van der Waals surface area contributed by atoms with Crippen molar-refractivity contribution in [2.24, 2.45) is 5.92 Å². The van der Waals surface area contributed by atoms with Crippen LogP contribution in [0, 0.1) is 5.92 Å². The SMILES string of the molecule is CCCNC(C)C1CCCCN1S(=O)(=O)CC(C)C. The van der Waals surface area contributed by atoms with Gasteiger partial charge in [-0.1, -0.05) is 27.2 Å². The number of sulfonamides is 1. The topological polar surface area (TPSA) is 49.4 Å². The molecule has 4 nitrogen and oxygen atoms in total. The van der Waals surface area contributed by atoms with Gasteiger partial charge in [0.2, 0.25) is 10.0 Å². The smallest absolute Gasteiger partial charge is 0.214 e. The number of nitrogens with one attached hydrogen (secondary N) is 1. The van der Waals surface area contributed by atoms with Gasteiger partial charge < -0.3 is 5.32 Å². The molecule has 0 spiro atoms. The largest absolute Gasteiger partial charge is 0.313 e. The zero-order valence-corrected chi connectivity index (χ0v) is 13.7. The van der Waals surface area contributed by atoms with Gasteiger partial charge in [-0.3, -0.25) is 0 Å². The van der Waals surface area contributed by atoms with Crippen LogP contribution in [0.1, 0.15) is 53.4 Å². The van der Waals surface area contributed by atoms with Crippen molar-refractivity contribution in [3.63, 3.8) is 0 Å². The van der Waals surface area contributed by atoms with Crippen molar-refractivity contribution >= 4 is 10.0 Å². The van der Waals surface area contributed by atoms with E-state index in [1.54, 1.807) is 4.31 Å². The Kier molecular flexibility index (Phi) is 6.77. The minimum atomic E-state index is -3.11. The van der Waals surface area contributed by atoms with E-state index in [1.165, 1.54) is 0 Å². The average Bonchev–Trinajstić information content (AvgIpc) is 2.34. The van der Waals surface area contributed by atoms with E-state index in [2.05, 4.69) is 19.2 Å². The summed E-state index contributed by atoms with van der Waals surface area (Å²) in [5.41, 5.74) is 0. The summed E-state index contributed by atoms with van der Waals surface area (Å²) < 4.78 is 26.7. The van der Waals surface area contributed by atoms with Crippen molar-refractivity contribution in [1.29, 1.82) is 0 Å². The predicted octanol–water partition coefficient (Wildman–Crippen LogP) is 2.21. The third-order valence-electron chi connectivity index (χ3n) is 3.69. The molecule has 1 aliphatic rings. The van der Waals surface area contributed by atoms with Crippen molar-refractivity contribution in [2.45, 2.75) is 65.5 Å². The molecule has 0 aromatic rings. The summed E-state index contributed by atoms with van der Waals surface area (Å²) in [6.45, 7) is 9.83. The standard InChI is InChI=1S/C14H30N2O2S/c1-5-9-15-13(4)14-8-6-7-10-16(14)19(17,18)11-12(2)3/h12-15H,5-11H2,1-4H3. The van der Waals surface area contributed by atoms with Gasteiger partial charge >= 0.3 is 0 Å². The van der Waals surface area contributed by atoms with E-state index >= 15 is 0 Å². The first-order chi connectivity index (χ1) is 8.88. The fraction of sp³-hybridized carbons (Fsp3) is 1.00. The fourth-order valence-corrected chi connectivity index (χ4v) is 4.94. The summed E-state index contributed by atoms with van der Waals surface area (Å²) in [6, 6.07) is 0.367. The highest BCUT2D eigenvalue weighted by atomic mass is 32.2. The quantitative estimate of drug-likeness (QED) is 0.782. The molecule has 2 unspecified atom stereocenters. The molecule has 114 valence electrons. The van der Waals surface area contributed by atoms with Crippen molar-refractivity contribution in [3.8, 4) is 0 Å². The predicted molar refractivity (Wildman–Crippen MR) is 80.7 cm³/mol. The van der Waals surface area contributed by atoms with Crippen molar-refractivity contribution < 1.29 is 8.42 Å². The molecule has 1 rings (SSSR count). The molecule has 1 saturated heterocycles. The lowest BCUT2D eigenvalue weighted by Gasteiger charge is -2.38. The van der Waals surface area contributed by atoms with Gasteiger partial charge in [-0.25, -0.2) is 8.42 Å². The third-order valence-corrected chi connectivity index (χ3v) is 5.95. The molecule has 19 heavy (non-hydrogen) atoms. The second kappa shape index (κ2) is 7.60. The zero-order valence-electron chi connectivity index (χ0n) is 12.9. The highest BCUT2D eigenvalue weighted by molar-refractivity contribution is 7.89. The number of rotatable bonds is 7. The summed E-state index contributed by atoms with van der Waals surface area (Å²) in [7, 11) is -3.11. The van der Waals surface area contributed by atoms with Crippen LogP contribution in [0.2, 0.25) is 0 Å². The summed E-state index contributed by atoms with van der Waals surface area (Å²) >= 11 is 0. The number of nitrogens with zero attached hydrogens (tertiary/aromatic N) is 1. The van der Waals surface area contributed by atoms with Crippen molar-refractivity contribution in [1.82, 2.24) is 9.62 Å². The molecule has 0 saturated carbocycles. The average molecular weight is 290 g/mol. The van der Waals surface area contributed by atoms with Gasteiger partial charge in [0.05, 0.1) is 5.75 Å². The maximum Gasteiger partial charge on any atom is 0.214 e. The van der Waals surface area contributed by atoms with E-state index in [4.69, 9.17) is 0 Å². The Morgan fingerprint density at radius 2 is 1.95 bits per heavy atom. The van der Waals surface area contributed by atoms with Crippen molar-refractivity contribution in [3.05, 3.63) is 0 Å². The van der Waals surface area contributed by atoms with Crippen LogP contribution >= 0.6 is 0 Å². The second-order valence-electron chi connectivity index (χ2n) is 6.09. The van der Waals surface area contributed by atoms with Crippen LogP contribution in [0.4, 0.5) is 0 Å². The van der Waals surface area contributed by atoms with Crippen LogP contribution in [0.15, 0.2) is 0 Å². The molecule has 1 fully saturated rings. The molecule has 1 heterocycles. The van der Waals surface area contributed by atoms with Crippen LogP contribution in [-0.2, 0) is 10.0 Å². The lowest BCUT2D eigenvalue weighted by atomic mass is 9.99. The van der Waals surface area contributed by atoms with Gasteiger partial charge in [-0.05, 0) is 38.6 Å². The second-order valence-corrected chi connectivity index (χ2v) is 8.06. The third kappa shape index (κ3) is 5.04. The minimum absolute atomic E-state index is 0.129. The molecular weight excluding hydrogens is 260 g/mol. The normalized spacial score (nSPS) is 23.7. The molecule has 0 amide bonds. The van der Waals surface area contributed by atoms with E-state index in [9.17, 15) is 8.42 Å². The van der Waals surface area contributed by atoms with Gasteiger partial charge in [-0.2, -0.15) is 4.31 Å². The Morgan fingerprint density at radius 3 is 2.53 bits per heavy atom. The summed E-state index contributed by atoms with van der Waals surface area (Å²) in [5, 5.41) is 3.45. The number of piperidine rings is 1. The van der Waals surface area contributed by atoms with Crippen molar-refractivity contribution in [2.75, 3.05) is 18.8 Å². The summed E-state index contributed by atoms with van der Waals surface area (Å²) in [4.78, 5) is 0. The first-order valence-corrected chi connectivity index (χ1v) is 9.22. The highest BCUT2D eigenvalue weighted by Gasteiger charge is 2.35. The Morgan fingerprint density at radius 1 is 1.26 bits per heavy atom. The molecule has 2 atom stereocenters. The number of hydrogen-bond donors (Lipinski definition) is 1. The van der Waals surface area contributed by atoms with Gasteiger partial charge in [-0.15, -0.1) is 0 Å². The van der Waals surface area contributed by atoms with Gasteiger partial charge in [0, 0.05) is 18.6 Å². The molecule has 0 aromatic carbocycles. The van der Waals surface area contributed by atoms with Gasteiger partial charge in [0.25, 0.3) is 0 Å².